The van der Waals surface area contributed by atoms with E-state index in [1.165, 1.54) is 5.56 Å². The molecule has 2 aromatic rings. The Hall–Kier alpha value is -2.82. The monoisotopic (exact) mass is 297 g/mol. The van der Waals surface area contributed by atoms with Crippen LogP contribution >= 0.6 is 0 Å². The first kappa shape index (κ1) is 15.6. The zero-order chi connectivity index (χ0) is 15.8. The summed E-state index contributed by atoms with van der Waals surface area (Å²) in [5.41, 5.74) is 2.88. The lowest BCUT2D eigenvalue weighted by molar-refractivity contribution is -0.115. The van der Waals surface area contributed by atoms with Crippen molar-refractivity contribution in [2.75, 3.05) is 11.9 Å². The highest BCUT2D eigenvalue weighted by Gasteiger charge is 2.05. The Kier molecular flexibility index (Phi) is 5.54. The fourth-order valence-corrected chi connectivity index (χ4v) is 1.84. The van der Waals surface area contributed by atoms with Gasteiger partial charge in [-0.15, -0.1) is 0 Å². The van der Waals surface area contributed by atoms with Crippen molar-refractivity contribution < 1.29 is 9.59 Å². The van der Waals surface area contributed by atoms with Crippen molar-refractivity contribution in [3.8, 4) is 0 Å². The Morgan fingerprint density at radius 3 is 2.27 bits per heavy atom. The second kappa shape index (κ2) is 7.83. The number of anilines is 1. The van der Waals surface area contributed by atoms with Gasteiger partial charge in [-0.05, 0) is 24.6 Å². The number of rotatable bonds is 5. The number of hydrogen-bond acceptors (Lipinski definition) is 2. The summed E-state index contributed by atoms with van der Waals surface area (Å²) in [6.07, 6.45) is 0. The van der Waals surface area contributed by atoms with Crippen LogP contribution in [0.3, 0.4) is 0 Å². The van der Waals surface area contributed by atoms with E-state index < -0.39 is 0 Å². The van der Waals surface area contributed by atoms with Crippen LogP contribution in [0.25, 0.3) is 0 Å². The largest absolute Gasteiger partial charge is 0.334 e. The van der Waals surface area contributed by atoms with Crippen molar-refractivity contribution in [2.45, 2.75) is 13.5 Å². The molecular weight excluding hydrogens is 278 g/mol. The molecule has 0 spiro atoms. The summed E-state index contributed by atoms with van der Waals surface area (Å²) >= 11 is 0. The van der Waals surface area contributed by atoms with E-state index in [9.17, 15) is 9.59 Å². The van der Waals surface area contributed by atoms with Gasteiger partial charge in [-0.1, -0.05) is 48.0 Å². The third kappa shape index (κ3) is 5.28. The molecule has 0 aliphatic carbocycles. The molecule has 114 valence electrons. The maximum atomic E-state index is 11.7. The van der Waals surface area contributed by atoms with E-state index in [2.05, 4.69) is 16.0 Å². The van der Waals surface area contributed by atoms with Crippen LogP contribution in [0.4, 0.5) is 10.5 Å². The number of hydrogen-bond donors (Lipinski definition) is 3. The van der Waals surface area contributed by atoms with Gasteiger partial charge < -0.3 is 16.0 Å². The molecule has 2 aromatic carbocycles. The predicted molar refractivity (Wildman–Crippen MR) is 86.5 cm³/mol. The highest BCUT2D eigenvalue weighted by Crippen LogP contribution is 2.04. The van der Waals surface area contributed by atoms with Gasteiger partial charge in [0.2, 0.25) is 5.91 Å². The van der Waals surface area contributed by atoms with Gasteiger partial charge >= 0.3 is 6.03 Å². The van der Waals surface area contributed by atoms with Crippen LogP contribution in [-0.2, 0) is 11.3 Å². The first-order valence-corrected chi connectivity index (χ1v) is 7.05. The highest BCUT2D eigenvalue weighted by molar-refractivity contribution is 5.94. The summed E-state index contributed by atoms with van der Waals surface area (Å²) in [4.78, 5) is 23.3. The molecule has 0 bridgehead atoms. The van der Waals surface area contributed by atoms with Gasteiger partial charge in [-0.2, -0.15) is 0 Å². The van der Waals surface area contributed by atoms with E-state index >= 15 is 0 Å². The first-order chi connectivity index (χ1) is 10.6. The van der Waals surface area contributed by atoms with Crippen LogP contribution in [0, 0.1) is 6.92 Å². The van der Waals surface area contributed by atoms with Crippen molar-refractivity contribution in [1.29, 1.82) is 0 Å². The molecule has 0 heterocycles. The fraction of sp³-hybridized carbons (Fsp3) is 0.176. The fourth-order valence-electron chi connectivity index (χ4n) is 1.84. The summed E-state index contributed by atoms with van der Waals surface area (Å²) < 4.78 is 0. The quantitative estimate of drug-likeness (QED) is 0.793. The molecule has 2 rings (SSSR count). The van der Waals surface area contributed by atoms with Crippen LogP contribution in [0.1, 0.15) is 11.1 Å². The zero-order valence-corrected chi connectivity index (χ0v) is 12.4. The second-order valence-corrected chi connectivity index (χ2v) is 4.94. The van der Waals surface area contributed by atoms with Gasteiger partial charge in [-0.3, -0.25) is 4.79 Å². The van der Waals surface area contributed by atoms with Gasteiger partial charge in [-0.25, -0.2) is 4.79 Å². The van der Waals surface area contributed by atoms with E-state index in [-0.39, 0.29) is 18.5 Å². The van der Waals surface area contributed by atoms with Crippen LogP contribution in [-0.4, -0.2) is 18.5 Å². The number of carbonyl (C=O) groups excluding carboxylic acids is 2. The summed E-state index contributed by atoms with van der Waals surface area (Å²) in [6.45, 7) is 2.36. The first-order valence-electron chi connectivity index (χ1n) is 7.05. The summed E-state index contributed by atoms with van der Waals surface area (Å²) in [5, 5.41) is 7.93. The number of urea groups is 1. The van der Waals surface area contributed by atoms with Gasteiger partial charge in [0, 0.05) is 12.2 Å². The molecule has 0 saturated heterocycles. The molecule has 0 aromatic heterocycles. The maximum Gasteiger partial charge on any atom is 0.315 e. The van der Waals surface area contributed by atoms with E-state index in [4.69, 9.17) is 0 Å². The van der Waals surface area contributed by atoms with E-state index in [0.717, 1.165) is 5.56 Å². The average molecular weight is 297 g/mol. The second-order valence-electron chi connectivity index (χ2n) is 4.94. The molecule has 3 amide bonds. The lowest BCUT2D eigenvalue weighted by atomic mass is 10.1. The summed E-state index contributed by atoms with van der Waals surface area (Å²) in [5.74, 6) is -0.267. The van der Waals surface area contributed by atoms with Crippen LogP contribution in [0.15, 0.2) is 54.6 Å². The van der Waals surface area contributed by atoms with Gasteiger partial charge in [0.25, 0.3) is 0 Å². The Bertz CT molecular complexity index is 624. The molecule has 0 atom stereocenters. The third-order valence-electron chi connectivity index (χ3n) is 3.04. The molecule has 0 aliphatic heterocycles. The van der Waals surface area contributed by atoms with Gasteiger partial charge in [0.05, 0.1) is 6.54 Å². The zero-order valence-electron chi connectivity index (χ0n) is 12.4. The smallest absolute Gasteiger partial charge is 0.315 e. The lowest BCUT2D eigenvalue weighted by Crippen LogP contribution is -2.39. The lowest BCUT2D eigenvalue weighted by Gasteiger charge is -2.08. The molecule has 0 unspecified atom stereocenters. The molecule has 3 N–H and O–H groups in total. The number of para-hydroxylation sites is 1. The molecule has 22 heavy (non-hydrogen) atoms. The van der Waals surface area contributed by atoms with Gasteiger partial charge in [0.1, 0.15) is 0 Å². The topological polar surface area (TPSA) is 70.2 Å². The number of benzene rings is 2. The summed E-state index contributed by atoms with van der Waals surface area (Å²) in [7, 11) is 0. The Morgan fingerprint density at radius 1 is 0.909 bits per heavy atom. The predicted octanol–water partition coefficient (Wildman–Crippen LogP) is 2.43. The van der Waals surface area contributed by atoms with E-state index in [1.807, 2.05) is 49.4 Å². The van der Waals surface area contributed by atoms with Crippen molar-refractivity contribution >= 4 is 17.6 Å². The molecule has 0 radical (unpaired) electrons. The van der Waals surface area contributed by atoms with Crippen LogP contribution in [0.5, 0.6) is 0 Å². The van der Waals surface area contributed by atoms with Gasteiger partial charge in [0.15, 0.2) is 0 Å². The average Bonchev–Trinajstić information content (AvgIpc) is 2.53. The van der Waals surface area contributed by atoms with E-state index in [0.29, 0.717) is 12.2 Å². The highest BCUT2D eigenvalue weighted by atomic mass is 16.2. The number of aryl methyl sites for hydroxylation is 1. The molecule has 0 saturated carbocycles. The molecule has 0 aliphatic rings. The van der Waals surface area contributed by atoms with Crippen LogP contribution in [0.2, 0.25) is 0 Å². The van der Waals surface area contributed by atoms with E-state index in [1.54, 1.807) is 12.1 Å². The molecule has 0 fully saturated rings. The normalized spacial score (nSPS) is 9.86. The standard InChI is InChI=1S/C17H19N3O2/c1-13-7-9-14(10-8-13)11-18-17(22)19-12-16(21)20-15-5-3-2-4-6-15/h2-10H,11-12H2,1H3,(H,20,21)(H2,18,19,22). The minimum atomic E-state index is -0.371. The maximum absolute atomic E-state index is 11.7. The minimum Gasteiger partial charge on any atom is -0.334 e. The van der Waals surface area contributed by atoms with Crippen molar-refractivity contribution in [3.63, 3.8) is 0 Å². The Balaban J connectivity index is 1.69. The summed E-state index contributed by atoms with van der Waals surface area (Å²) in [6, 6.07) is 16.6. The SMILES string of the molecule is Cc1ccc(CNC(=O)NCC(=O)Nc2ccccc2)cc1. The molecule has 5 heteroatoms. The minimum absolute atomic E-state index is 0.0748. The Labute approximate surface area is 129 Å². The number of carbonyl (C=O) groups is 2. The van der Waals surface area contributed by atoms with Crippen molar-refractivity contribution in [3.05, 3.63) is 65.7 Å². The molecule has 5 nitrogen and oxygen atoms in total. The third-order valence-corrected chi connectivity index (χ3v) is 3.04. The van der Waals surface area contributed by atoms with Crippen LogP contribution < -0.4 is 16.0 Å². The van der Waals surface area contributed by atoms with Crippen molar-refractivity contribution in [2.24, 2.45) is 0 Å². The molecular formula is C17H19N3O2. The van der Waals surface area contributed by atoms with Crippen molar-refractivity contribution in [1.82, 2.24) is 10.6 Å². The number of nitrogens with one attached hydrogen (secondary N) is 3. The number of amides is 3. The Morgan fingerprint density at radius 2 is 1.59 bits per heavy atom.